The second-order valence-corrected chi connectivity index (χ2v) is 16.9. The van der Waals surface area contributed by atoms with E-state index < -0.39 is 0 Å². The van der Waals surface area contributed by atoms with Crippen molar-refractivity contribution >= 4 is 23.5 Å². The summed E-state index contributed by atoms with van der Waals surface area (Å²) in [5, 5.41) is 0. The van der Waals surface area contributed by atoms with Crippen molar-refractivity contribution in [2.24, 2.45) is 0 Å². The molecule has 0 aromatic heterocycles. The van der Waals surface area contributed by atoms with Gasteiger partial charge >= 0.3 is 0 Å². The molecule has 1 radical (unpaired) electrons. The van der Waals surface area contributed by atoms with Crippen molar-refractivity contribution in [3.8, 4) is 0 Å². The summed E-state index contributed by atoms with van der Waals surface area (Å²) in [6.07, 6.45) is 48.4. The van der Waals surface area contributed by atoms with E-state index in [1.807, 2.05) is 0 Å². The molecule has 275 valence electrons. The van der Waals surface area contributed by atoms with Crippen LogP contribution in [-0.2, 0) is 6.42 Å². The maximum Gasteiger partial charge on any atom is 0.0115 e. The Bertz CT molecular complexity index is 687. The van der Waals surface area contributed by atoms with E-state index in [2.05, 4.69) is 62.5 Å². The minimum Gasteiger partial charge on any atom is -0.126 e. The van der Waals surface area contributed by atoms with Crippen LogP contribution in [0.4, 0.5) is 0 Å². The van der Waals surface area contributed by atoms with Crippen LogP contribution in [0.25, 0.3) is 0 Å². The molecule has 0 aliphatic rings. The first-order chi connectivity index (χ1) is 23.3. The van der Waals surface area contributed by atoms with Gasteiger partial charge in [-0.05, 0) is 54.9 Å². The number of unbranched alkanes of at least 4 members (excludes halogenated alkanes) is 30. The van der Waals surface area contributed by atoms with Gasteiger partial charge in [-0.15, -0.1) is 23.5 Å². The smallest absolute Gasteiger partial charge is 0.0115 e. The van der Waals surface area contributed by atoms with Crippen LogP contribution in [0.5, 0.6) is 0 Å². The van der Waals surface area contributed by atoms with E-state index in [1.165, 1.54) is 227 Å². The minimum absolute atomic E-state index is 1.00. The molecule has 0 amide bonds. The van der Waals surface area contributed by atoms with Gasteiger partial charge in [-0.25, -0.2) is 0 Å². The van der Waals surface area contributed by atoms with Gasteiger partial charge in [0, 0.05) is 9.79 Å². The largest absolute Gasteiger partial charge is 0.126 e. The van der Waals surface area contributed by atoms with Crippen LogP contribution in [0.2, 0.25) is 0 Å². The molecule has 0 saturated heterocycles. The topological polar surface area (TPSA) is 0 Å². The summed E-state index contributed by atoms with van der Waals surface area (Å²) in [5.41, 5.74) is 1.59. The second kappa shape index (κ2) is 37.2. The third-order valence-corrected chi connectivity index (χ3v) is 12.4. The lowest BCUT2D eigenvalue weighted by Gasteiger charge is -2.14. The van der Waals surface area contributed by atoms with Gasteiger partial charge in [-0.2, -0.15) is 0 Å². The molecule has 0 saturated carbocycles. The van der Waals surface area contributed by atoms with Crippen LogP contribution in [0.1, 0.15) is 231 Å². The Morgan fingerprint density at radius 2 is 0.638 bits per heavy atom. The van der Waals surface area contributed by atoms with Crippen molar-refractivity contribution in [2.45, 2.75) is 242 Å². The lowest BCUT2D eigenvalue weighted by molar-refractivity contribution is 0.531. The molecule has 0 aliphatic carbocycles. The number of hydrogen-bond donors (Lipinski definition) is 0. The van der Waals surface area contributed by atoms with Gasteiger partial charge in [0.25, 0.3) is 0 Å². The average molecular weight is 688 g/mol. The normalized spacial score (nSPS) is 11.6. The molecular weight excluding hydrogens is 605 g/mol. The fraction of sp³-hybridized carbons (Fsp3) is 0.844. The SMILES string of the molecule is [CH2]CCc1c(SCCCCCCCCCCCCCCCCCC)cccc1SCCCCCCCCCCCCCCCCCC. The first kappa shape index (κ1) is 44.9. The zero-order valence-corrected chi connectivity index (χ0v) is 33.8. The van der Waals surface area contributed by atoms with E-state index in [0.717, 1.165) is 12.8 Å². The maximum absolute atomic E-state index is 4.21. The number of rotatable bonds is 38. The summed E-state index contributed by atoms with van der Waals surface area (Å²) < 4.78 is 0. The van der Waals surface area contributed by atoms with Crippen molar-refractivity contribution < 1.29 is 0 Å². The Kier molecular flexibility index (Phi) is 35.6. The number of benzene rings is 1. The van der Waals surface area contributed by atoms with Crippen molar-refractivity contribution in [1.82, 2.24) is 0 Å². The number of thioether (sulfide) groups is 2. The van der Waals surface area contributed by atoms with Gasteiger partial charge in [0.15, 0.2) is 0 Å². The van der Waals surface area contributed by atoms with Crippen LogP contribution in [0, 0.1) is 6.92 Å². The zero-order valence-electron chi connectivity index (χ0n) is 32.2. The van der Waals surface area contributed by atoms with Crippen molar-refractivity contribution in [3.63, 3.8) is 0 Å². The van der Waals surface area contributed by atoms with E-state index in [9.17, 15) is 0 Å². The van der Waals surface area contributed by atoms with Crippen molar-refractivity contribution in [1.29, 1.82) is 0 Å². The highest BCUT2D eigenvalue weighted by Gasteiger charge is 2.09. The van der Waals surface area contributed by atoms with E-state index in [4.69, 9.17) is 0 Å². The van der Waals surface area contributed by atoms with Gasteiger partial charge in [0.05, 0.1) is 0 Å². The van der Waals surface area contributed by atoms with Gasteiger partial charge < -0.3 is 0 Å². The predicted molar refractivity (Wildman–Crippen MR) is 221 cm³/mol. The minimum atomic E-state index is 1.00. The quantitative estimate of drug-likeness (QED) is 0.0501. The van der Waals surface area contributed by atoms with Crippen LogP contribution in [0.15, 0.2) is 28.0 Å². The lowest BCUT2D eigenvalue weighted by Crippen LogP contribution is -1.94. The van der Waals surface area contributed by atoms with Crippen molar-refractivity contribution in [2.75, 3.05) is 11.5 Å². The summed E-state index contributed by atoms with van der Waals surface area (Å²) >= 11 is 4.22. The molecule has 47 heavy (non-hydrogen) atoms. The molecule has 2 heteroatoms. The number of hydrogen-bond acceptors (Lipinski definition) is 2. The summed E-state index contributed by atoms with van der Waals surface area (Å²) in [6.45, 7) is 8.82. The fourth-order valence-corrected chi connectivity index (χ4v) is 9.23. The molecule has 0 aliphatic heterocycles. The monoisotopic (exact) mass is 688 g/mol. The molecule has 1 rings (SSSR count). The predicted octanol–water partition coefficient (Wildman–Crippen LogP) is 17.2. The third-order valence-electron chi connectivity index (χ3n) is 10.0. The van der Waals surface area contributed by atoms with Gasteiger partial charge in [-0.1, -0.05) is 219 Å². The molecule has 1 aromatic carbocycles. The second-order valence-electron chi connectivity index (χ2n) is 14.6. The highest BCUT2D eigenvalue weighted by molar-refractivity contribution is 8.00. The first-order valence-electron chi connectivity index (χ1n) is 21.5. The molecule has 0 spiro atoms. The van der Waals surface area contributed by atoms with E-state index in [1.54, 1.807) is 5.56 Å². The molecule has 0 bridgehead atoms. The zero-order chi connectivity index (χ0) is 33.7. The molecule has 0 nitrogen and oxygen atoms in total. The Morgan fingerprint density at radius 1 is 0.383 bits per heavy atom. The van der Waals surface area contributed by atoms with Crippen LogP contribution in [-0.4, -0.2) is 11.5 Å². The Hall–Kier alpha value is -0.0800. The molecule has 0 atom stereocenters. The standard InChI is InChI=1S/C45H83S2/c1-4-7-9-11-13-15-17-19-21-23-25-27-29-31-33-35-41-46-44-39-37-40-45(43(44)38-6-3)47-42-36-34-32-30-28-26-24-22-20-18-16-14-12-10-8-5-2/h37,39-40H,3-36,38,41-42H2,1-2H3. The summed E-state index contributed by atoms with van der Waals surface area (Å²) in [5.74, 6) is 2.55. The van der Waals surface area contributed by atoms with E-state index in [-0.39, 0.29) is 0 Å². The molecule has 0 unspecified atom stereocenters. The molecule has 0 heterocycles. The molecule has 0 N–H and O–H groups in total. The first-order valence-corrected chi connectivity index (χ1v) is 23.5. The highest BCUT2D eigenvalue weighted by Crippen LogP contribution is 2.33. The van der Waals surface area contributed by atoms with Crippen LogP contribution in [0.3, 0.4) is 0 Å². The highest BCUT2D eigenvalue weighted by atomic mass is 32.2. The lowest BCUT2D eigenvalue weighted by atomic mass is 10.0. The Balaban J connectivity index is 2.01. The third kappa shape index (κ3) is 29.4. The van der Waals surface area contributed by atoms with Crippen LogP contribution < -0.4 is 0 Å². The van der Waals surface area contributed by atoms with E-state index >= 15 is 0 Å². The maximum atomic E-state index is 4.21. The fourth-order valence-electron chi connectivity index (χ4n) is 6.90. The molecule has 1 aromatic rings. The molecular formula is C45H83S2. The summed E-state index contributed by atoms with van der Waals surface area (Å²) in [4.78, 5) is 3.07. The van der Waals surface area contributed by atoms with Crippen LogP contribution >= 0.6 is 23.5 Å². The molecule has 0 fully saturated rings. The summed E-state index contributed by atoms with van der Waals surface area (Å²) in [6, 6.07) is 7.06. The van der Waals surface area contributed by atoms with Crippen molar-refractivity contribution in [3.05, 3.63) is 30.7 Å². The van der Waals surface area contributed by atoms with Gasteiger partial charge in [0.1, 0.15) is 0 Å². The Morgan fingerprint density at radius 3 is 0.894 bits per heavy atom. The van der Waals surface area contributed by atoms with Gasteiger partial charge in [0.2, 0.25) is 0 Å². The summed E-state index contributed by atoms with van der Waals surface area (Å²) in [7, 11) is 0. The Labute approximate surface area is 306 Å². The average Bonchev–Trinajstić information content (AvgIpc) is 3.08. The van der Waals surface area contributed by atoms with Gasteiger partial charge in [-0.3, -0.25) is 0 Å². The van der Waals surface area contributed by atoms with E-state index in [0.29, 0.717) is 0 Å².